The van der Waals surface area contributed by atoms with E-state index in [4.69, 9.17) is 4.74 Å². The molecule has 23 heavy (non-hydrogen) atoms. The summed E-state index contributed by atoms with van der Waals surface area (Å²) < 4.78 is 6.07. The molecule has 0 bridgehead atoms. The highest BCUT2D eigenvalue weighted by Crippen LogP contribution is 2.45. The highest BCUT2D eigenvalue weighted by Gasteiger charge is 2.53. The third-order valence-corrected chi connectivity index (χ3v) is 4.74. The Morgan fingerprint density at radius 1 is 1.26 bits per heavy atom. The van der Waals surface area contributed by atoms with Gasteiger partial charge in [0.1, 0.15) is 23.9 Å². The summed E-state index contributed by atoms with van der Waals surface area (Å²) in [6, 6.07) is 11.6. The molecule has 1 aliphatic rings. The SMILES string of the molecule is CN(C(=O)c1ccncn1)C1CC(Oc2ccccc2)C1(C)C. The lowest BCUT2D eigenvalue weighted by molar-refractivity contribution is -0.0887. The normalized spacial score (nSPS) is 22.0. The Hall–Kier alpha value is -2.43. The van der Waals surface area contributed by atoms with Gasteiger partial charge in [-0.1, -0.05) is 32.0 Å². The smallest absolute Gasteiger partial charge is 0.272 e. The number of para-hydroxylation sites is 1. The van der Waals surface area contributed by atoms with Gasteiger partial charge in [0.25, 0.3) is 5.91 Å². The van der Waals surface area contributed by atoms with E-state index in [-0.39, 0.29) is 23.5 Å². The first kappa shape index (κ1) is 15.5. The molecule has 0 radical (unpaired) electrons. The predicted molar refractivity (Wildman–Crippen MR) is 87.2 cm³/mol. The van der Waals surface area contributed by atoms with Crippen molar-refractivity contribution in [1.82, 2.24) is 14.9 Å². The number of carbonyl (C=O) groups is 1. The number of rotatable bonds is 4. The molecule has 3 rings (SSSR count). The molecule has 1 saturated carbocycles. The highest BCUT2D eigenvalue weighted by atomic mass is 16.5. The van der Waals surface area contributed by atoms with E-state index in [0.29, 0.717) is 5.69 Å². The lowest BCUT2D eigenvalue weighted by Gasteiger charge is -2.54. The van der Waals surface area contributed by atoms with Crippen LogP contribution >= 0.6 is 0 Å². The van der Waals surface area contributed by atoms with Crippen LogP contribution in [-0.2, 0) is 0 Å². The summed E-state index contributed by atoms with van der Waals surface area (Å²) in [5.74, 6) is 0.789. The molecule has 1 aromatic heterocycles. The van der Waals surface area contributed by atoms with Gasteiger partial charge >= 0.3 is 0 Å². The quantitative estimate of drug-likeness (QED) is 0.871. The summed E-state index contributed by atoms with van der Waals surface area (Å²) in [4.78, 5) is 22.2. The summed E-state index contributed by atoms with van der Waals surface area (Å²) in [6.07, 6.45) is 3.89. The summed E-state index contributed by atoms with van der Waals surface area (Å²) in [5, 5.41) is 0. The van der Waals surface area contributed by atoms with Gasteiger partial charge in [-0.05, 0) is 18.2 Å². The molecule has 1 amide bonds. The fourth-order valence-corrected chi connectivity index (χ4v) is 3.12. The van der Waals surface area contributed by atoms with Gasteiger partial charge in [0.05, 0.1) is 0 Å². The highest BCUT2D eigenvalue weighted by molar-refractivity contribution is 5.92. The second-order valence-electron chi connectivity index (χ2n) is 6.50. The Morgan fingerprint density at radius 3 is 2.61 bits per heavy atom. The average molecular weight is 311 g/mol. The zero-order valence-electron chi connectivity index (χ0n) is 13.6. The number of ether oxygens (including phenoxy) is 1. The van der Waals surface area contributed by atoms with Crippen molar-refractivity contribution in [2.45, 2.75) is 32.4 Å². The Kier molecular flexibility index (Phi) is 4.03. The van der Waals surface area contributed by atoms with Crippen LogP contribution in [0.15, 0.2) is 48.9 Å². The number of hydrogen-bond donors (Lipinski definition) is 0. The van der Waals surface area contributed by atoms with Crippen molar-refractivity contribution in [3.8, 4) is 5.75 Å². The molecule has 1 fully saturated rings. The number of amides is 1. The van der Waals surface area contributed by atoms with Crippen LogP contribution in [0.3, 0.4) is 0 Å². The molecule has 1 aliphatic carbocycles. The van der Waals surface area contributed by atoms with E-state index < -0.39 is 0 Å². The van der Waals surface area contributed by atoms with Crippen molar-refractivity contribution in [3.63, 3.8) is 0 Å². The van der Waals surface area contributed by atoms with E-state index >= 15 is 0 Å². The molecule has 5 nitrogen and oxygen atoms in total. The molecule has 1 heterocycles. The molecule has 0 saturated heterocycles. The summed E-state index contributed by atoms with van der Waals surface area (Å²) in [7, 11) is 1.83. The van der Waals surface area contributed by atoms with Crippen LogP contribution in [-0.4, -0.2) is 40.0 Å². The largest absolute Gasteiger partial charge is 0.490 e. The number of benzene rings is 1. The Bertz CT molecular complexity index is 673. The number of hydrogen-bond acceptors (Lipinski definition) is 4. The fraction of sp³-hybridized carbons (Fsp3) is 0.389. The van der Waals surface area contributed by atoms with Gasteiger partial charge in [0.15, 0.2) is 0 Å². The minimum atomic E-state index is -0.118. The van der Waals surface area contributed by atoms with Crippen molar-refractivity contribution in [3.05, 3.63) is 54.6 Å². The van der Waals surface area contributed by atoms with Crippen molar-refractivity contribution in [1.29, 1.82) is 0 Å². The number of carbonyl (C=O) groups excluding carboxylic acids is 1. The summed E-state index contributed by atoms with van der Waals surface area (Å²) in [5.41, 5.74) is 0.304. The van der Waals surface area contributed by atoms with Gasteiger partial charge in [-0.25, -0.2) is 9.97 Å². The van der Waals surface area contributed by atoms with Gasteiger partial charge in [-0.15, -0.1) is 0 Å². The lowest BCUT2D eigenvalue weighted by atomic mass is 9.63. The van der Waals surface area contributed by atoms with E-state index in [2.05, 4.69) is 23.8 Å². The standard InChI is InChI=1S/C18H21N3O2/c1-18(2)15(11-16(18)23-13-7-5-4-6-8-13)21(3)17(22)14-9-10-19-12-20-14/h4-10,12,15-16H,11H2,1-3H3. The van der Waals surface area contributed by atoms with E-state index in [0.717, 1.165) is 12.2 Å². The molecule has 2 unspecified atom stereocenters. The third-order valence-electron chi connectivity index (χ3n) is 4.74. The second-order valence-corrected chi connectivity index (χ2v) is 6.50. The molecule has 0 spiro atoms. The molecule has 2 aromatic rings. The van der Waals surface area contributed by atoms with Gasteiger partial charge < -0.3 is 9.64 Å². The third kappa shape index (κ3) is 2.91. The van der Waals surface area contributed by atoms with Crippen LogP contribution in [0.2, 0.25) is 0 Å². The first-order valence-electron chi connectivity index (χ1n) is 7.75. The molecule has 1 aromatic carbocycles. The van der Waals surface area contributed by atoms with E-state index in [1.165, 1.54) is 6.33 Å². The van der Waals surface area contributed by atoms with E-state index in [1.54, 1.807) is 17.2 Å². The maximum atomic E-state index is 12.5. The average Bonchev–Trinajstić information content (AvgIpc) is 2.59. The lowest BCUT2D eigenvalue weighted by Crippen LogP contribution is -2.63. The van der Waals surface area contributed by atoms with Crippen LogP contribution in [0.1, 0.15) is 30.8 Å². The van der Waals surface area contributed by atoms with Crippen LogP contribution in [0, 0.1) is 5.41 Å². The van der Waals surface area contributed by atoms with Gasteiger partial charge in [0, 0.05) is 31.1 Å². The van der Waals surface area contributed by atoms with Crippen LogP contribution in [0.5, 0.6) is 5.75 Å². The van der Waals surface area contributed by atoms with Crippen LogP contribution in [0.4, 0.5) is 0 Å². The van der Waals surface area contributed by atoms with Gasteiger partial charge in [-0.3, -0.25) is 4.79 Å². The fourth-order valence-electron chi connectivity index (χ4n) is 3.12. The monoisotopic (exact) mass is 311 g/mol. The zero-order valence-corrected chi connectivity index (χ0v) is 13.6. The van der Waals surface area contributed by atoms with Gasteiger partial charge in [-0.2, -0.15) is 0 Å². The Morgan fingerprint density at radius 2 is 2.00 bits per heavy atom. The van der Waals surface area contributed by atoms with Crippen molar-refractivity contribution in [2.75, 3.05) is 7.05 Å². The summed E-state index contributed by atoms with van der Waals surface area (Å²) in [6.45, 7) is 4.27. The molecule has 5 heteroatoms. The van der Waals surface area contributed by atoms with Crippen molar-refractivity contribution >= 4 is 5.91 Å². The minimum Gasteiger partial charge on any atom is -0.490 e. The first-order valence-corrected chi connectivity index (χ1v) is 7.75. The summed E-state index contributed by atoms with van der Waals surface area (Å²) >= 11 is 0. The number of aromatic nitrogens is 2. The number of nitrogens with zero attached hydrogens (tertiary/aromatic N) is 3. The minimum absolute atomic E-state index is 0.0800. The van der Waals surface area contributed by atoms with Gasteiger partial charge in [0.2, 0.25) is 0 Å². The van der Waals surface area contributed by atoms with Crippen molar-refractivity contribution < 1.29 is 9.53 Å². The molecule has 2 atom stereocenters. The van der Waals surface area contributed by atoms with E-state index in [1.807, 2.05) is 37.4 Å². The maximum absolute atomic E-state index is 12.5. The molecule has 0 N–H and O–H groups in total. The maximum Gasteiger partial charge on any atom is 0.272 e. The Labute approximate surface area is 136 Å². The van der Waals surface area contributed by atoms with E-state index in [9.17, 15) is 4.79 Å². The molecule has 0 aliphatic heterocycles. The molecule has 120 valence electrons. The molecular weight excluding hydrogens is 290 g/mol. The second kappa shape index (κ2) is 5.99. The Balaban J connectivity index is 1.67. The van der Waals surface area contributed by atoms with Crippen LogP contribution < -0.4 is 4.74 Å². The predicted octanol–water partition coefficient (Wildman–Crippen LogP) is 2.79. The zero-order chi connectivity index (χ0) is 16.4. The molecular formula is C18H21N3O2. The van der Waals surface area contributed by atoms with Crippen LogP contribution in [0.25, 0.3) is 0 Å². The topological polar surface area (TPSA) is 55.3 Å². The van der Waals surface area contributed by atoms with Crippen molar-refractivity contribution in [2.24, 2.45) is 5.41 Å². The first-order chi connectivity index (χ1) is 11.0.